The van der Waals surface area contributed by atoms with Crippen LogP contribution in [0.1, 0.15) is 37.9 Å². The van der Waals surface area contributed by atoms with Crippen LogP contribution in [0.25, 0.3) is 0 Å². The molecule has 4 N–H and O–H groups in total. The molecule has 44 heavy (non-hydrogen) atoms. The zero-order chi connectivity index (χ0) is 32.2. The summed E-state index contributed by atoms with van der Waals surface area (Å²) in [6.45, 7) is 5.48. The van der Waals surface area contributed by atoms with Gasteiger partial charge >= 0.3 is 18.0 Å². The number of urea groups is 1. The molecular weight excluding hydrogens is 691 g/mol. The van der Waals surface area contributed by atoms with E-state index in [1.165, 1.54) is 20.4 Å². The van der Waals surface area contributed by atoms with Crippen molar-refractivity contribution in [2.45, 2.75) is 33.0 Å². The molecule has 0 fully saturated rings. The molecule has 1 aliphatic rings. The Balaban J connectivity index is 1.68. The molecule has 0 saturated carbocycles. The first-order valence-corrected chi connectivity index (χ1v) is 14.6. The third kappa shape index (κ3) is 9.12. The molecule has 238 valence electrons. The fraction of sp³-hybridized carbons (Fsp3) is 0.379. The summed E-state index contributed by atoms with van der Waals surface area (Å²) >= 11 is 2.06. The Hall–Kier alpha value is -4.25. The van der Waals surface area contributed by atoms with Gasteiger partial charge in [0, 0.05) is 5.70 Å². The van der Waals surface area contributed by atoms with Crippen LogP contribution >= 0.6 is 22.6 Å². The second-order valence-electron chi connectivity index (χ2n) is 9.04. The van der Waals surface area contributed by atoms with E-state index in [2.05, 4.69) is 48.5 Å². The minimum atomic E-state index is -1.19. The number of carbonyl (C=O) groups is 3. The minimum absolute atomic E-state index is 0.185. The smallest absolute Gasteiger partial charge is 0.343 e. The van der Waals surface area contributed by atoms with Gasteiger partial charge in [-0.3, -0.25) is 5.43 Å². The molecule has 3 rings (SSSR count). The van der Waals surface area contributed by atoms with Gasteiger partial charge in [0.1, 0.15) is 6.61 Å². The number of nitrogens with one attached hydrogen (secondary N) is 3. The number of hydrogen-bond acceptors (Lipinski definition) is 12. The lowest BCUT2D eigenvalue weighted by Crippen LogP contribution is -2.45. The van der Waals surface area contributed by atoms with Gasteiger partial charge in [-0.15, -0.1) is 0 Å². The number of methoxy groups -OCH3 is 2. The van der Waals surface area contributed by atoms with E-state index in [1.54, 1.807) is 44.2 Å². The van der Waals surface area contributed by atoms with Crippen LogP contribution in [0.2, 0.25) is 0 Å². The van der Waals surface area contributed by atoms with Gasteiger partial charge in [-0.1, -0.05) is 6.07 Å². The minimum Gasteiger partial charge on any atom is -0.490 e. The van der Waals surface area contributed by atoms with Gasteiger partial charge in [-0.05, 0) is 78.8 Å². The number of aliphatic hydroxyl groups is 1. The molecule has 2 aromatic rings. The Morgan fingerprint density at radius 2 is 1.77 bits per heavy atom. The summed E-state index contributed by atoms with van der Waals surface area (Å²) in [5.41, 5.74) is 4.45. The maximum atomic E-state index is 12.4. The van der Waals surface area contributed by atoms with Crippen molar-refractivity contribution in [3.8, 4) is 23.0 Å². The zero-order valence-corrected chi connectivity index (χ0v) is 27.1. The second-order valence-corrected chi connectivity index (χ2v) is 10.2. The highest BCUT2D eigenvalue weighted by atomic mass is 127. The van der Waals surface area contributed by atoms with Crippen LogP contribution in [0.15, 0.2) is 46.7 Å². The number of esters is 2. The summed E-state index contributed by atoms with van der Waals surface area (Å²) in [6.07, 6.45) is 0.300. The van der Waals surface area contributed by atoms with E-state index < -0.39 is 30.2 Å². The molecule has 0 unspecified atom stereocenters. The number of carbonyl (C=O) groups excluding carboxylic acids is 3. The number of aliphatic hydroxyl groups excluding tert-OH is 1. The van der Waals surface area contributed by atoms with Crippen molar-refractivity contribution in [3.63, 3.8) is 0 Å². The van der Waals surface area contributed by atoms with Gasteiger partial charge in [0.25, 0.3) is 0 Å². The molecule has 1 aliphatic heterocycles. The van der Waals surface area contributed by atoms with E-state index in [0.29, 0.717) is 56.6 Å². The van der Waals surface area contributed by atoms with Gasteiger partial charge < -0.3 is 44.2 Å². The van der Waals surface area contributed by atoms with Crippen molar-refractivity contribution < 1.29 is 47.9 Å². The third-order valence-electron chi connectivity index (χ3n) is 6.00. The Morgan fingerprint density at radius 3 is 2.45 bits per heavy atom. The first-order valence-electron chi connectivity index (χ1n) is 13.5. The number of amides is 2. The second kappa shape index (κ2) is 16.6. The fourth-order valence-corrected chi connectivity index (χ4v) is 4.86. The van der Waals surface area contributed by atoms with Crippen LogP contribution in [0, 0.1) is 3.57 Å². The SMILES string of the molecule is CCOc1cc([C@@H]2NC(=O)NC(C)=C2C(=O)OC)ccc1OC[C@@H](O)N/N=C\c1cc(I)c(OCC(=O)OC)c(OCC)c1. The molecule has 15 heteroatoms. The summed E-state index contributed by atoms with van der Waals surface area (Å²) in [5, 5.41) is 19.8. The zero-order valence-electron chi connectivity index (χ0n) is 24.9. The number of rotatable bonds is 15. The Kier molecular flexibility index (Phi) is 12.9. The molecule has 0 saturated heterocycles. The van der Waals surface area contributed by atoms with Crippen molar-refractivity contribution in [1.82, 2.24) is 16.1 Å². The highest BCUT2D eigenvalue weighted by molar-refractivity contribution is 14.1. The summed E-state index contributed by atoms with van der Waals surface area (Å²) in [6, 6.07) is 7.18. The van der Waals surface area contributed by atoms with E-state index in [0.717, 1.165) is 0 Å². The molecule has 2 amide bonds. The quantitative estimate of drug-likeness (QED) is 0.0699. The summed E-state index contributed by atoms with van der Waals surface area (Å²) < 4.78 is 33.0. The number of allylic oxidation sites excluding steroid dienone is 1. The lowest BCUT2D eigenvalue weighted by molar-refractivity contribution is -0.143. The summed E-state index contributed by atoms with van der Waals surface area (Å²) in [7, 11) is 2.54. The topological polar surface area (TPSA) is 175 Å². The molecule has 2 aromatic carbocycles. The number of benzene rings is 2. The Morgan fingerprint density at radius 1 is 1.05 bits per heavy atom. The number of hydrazone groups is 1. The predicted octanol–water partition coefficient (Wildman–Crippen LogP) is 2.76. The Labute approximate surface area is 268 Å². The molecular formula is C29H35IN4O10. The molecule has 0 radical (unpaired) electrons. The number of halogens is 1. The van der Waals surface area contributed by atoms with E-state index in [9.17, 15) is 19.5 Å². The highest BCUT2D eigenvalue weighted by Gasteiger charge is 2.32. The van der Waals surface area contributed by atoms with E-state index >= 15 is 0 Å². The van der Waals surface area contributed by atoms with Crippen molar-refractivity contribution in [3.05, 3.63) is 56.3 Å². The van der Waals surface area contributed by atoms with Crippen molar-refractivity contribution in [2.24, 2.45) is 5.10 Å². The molecule has 0 aliphatic carbocycles. The predicted molar refractivity (Wildman–Crippen MR) is 167 cm³/mol. The molecule has 14 nitrogen and oxygen atoms in total. The average Bonchev–Trinajstić information content (AvgIpc) is 2.99. The lowest BCUT2D eigenvalue weighted by atomic mass is 9.95. The van der Waals surface area contributed by atoms with Crippen molar-refractivity contribution >= 4 is 46.8 Å². The van der Waals surface area contributed by atoms with Crippen LogP contribution < -0.4 is 35.0 Å². The van der Waals surface area contributed by atoms with Crippen LogP contribution in [0.3, 0.4) is 0 Å². The highest BCUT2D eigenvalue weighted by Crippen LogP contribution is 2.35. The van der Waals surface area contributed by atoms with Gasteiger partial charge in [-0.25, -0.2) is 14.4 Å². The standard InChI is InChI=1S/C29H35IN4O10/c1-6-41-21-12-18(26-25(28(37)40-5)16(3)32-29(38)33-26)8-9-20(21)43-14-23(35)34-31-13-17-10-19(30)27(22(11-17)42-7-2)44-15-24(36)39-4/h8-13,23,26,34-35H,6-7,14-15H2,1-5H3,(H2,32,33,38)/b31-13-/t23-,26+/m1/s1. The van der Waals surface area contributed by atoms with Gasteiger partial charge in [-0.2, -0.15) is 5.10 Å². The molecule has 0 bridgehead atoms. The van der Waals surface area contributed by atoms with Gasteiger partial charge in [0.15, 0.2) is 35.8 Å². The maximum Gasteiger partial charge on any atom is 0.343 e. The van der Waals surface area contributed by atoms with Crippen molar-refractivity contribution in [2.75, 3.05) is 40.6 Å². The van der Waals surface area contributed by atoms with Crippen LogP contribution in [-0.2, 0) is 19.1 Å². The van der Waals surface area contributed by atoms with E-state index in [-0.39, 0.29) is 18.8 Å². The van der Waals surface area contributed by atoms with Gasteiger partial charge in [0.05, 0.1) is 48.8 Å². The largest absolute Gasteiger partial charge is 0.490 e. The first-order chi connectivity index (χ1) is 21.1. The van der Waals surface area contributed by atoms with E-state index in [1.807, 2.05) is 6.92 Å². The Bertz CT molecular complexity index is 1410. The van der Waals surface area contributed by atoms with Crippen LogP contribution in [0.4, 0.5) is 4.79 Å². The molecule has 0 aromatic heterocycles. The number of nitrogens with zero attached hydrogens (tertiary/aromatic N) is 1. The first kappa shape index (κ1) is 34.2. The molecule has 1 heterocycles. The van der Waals surface area contributed by atoms with Crippen LogP contribution in [0.5, 0.6) is 23.0 Å². The average molecular weight is 727 g/mol. The summed E-state index contributed by atoms with van der Waals surface area (Å²) in [5.74, 6) is 0.410. The normalized spacial score (nSPS) is 15.2. The fourth-order valence-electron chi connectivity index (χ4n) is 4.08. The summed E-state index contributed by atoms with van der Waals surface area (Å²) in [4.78, 5) is 36.1. The number of hydrogen-bond donors (Lipinski definition) is 4. The molecule has 2 atom stereocenters. The number of ether oxygens (including phenoxy) is 6. The maximum absolute atomic E-state index is 12.4. The molecule has 0 spiro atoms. The van der Waals surface area contributed by atoms with Crippen molar-refractivity contribution in [1.29, 1.82) is 0 Å². The van der Waals surface area contributed by atoms with Crippen LogP contribution in [-0.4, -0.2) is 76.2 Å². The monoisotopic (exact) mass is 726 g/mol. The van der Waals surface area contributed by atoms with E-state index in [4.69, 9.17) is 23.7 Å². The third-order valence-corrected chi connectivity index (χ3v) is 6.80. The lowest BCUT2D eigenvalue weighted by Gasteiger charge is -2.28. The van der Waals surface area contributed by atoms with Gasteiger partial charge in [0.2, 0.25) is 0 Å².